The normalized spacial score (nSPS) is 0. The van der Waals surface area contributed by atoms with Crippen LogP contribution in [0.25, 0.3) is 0 Å². The monoisotopic (exact) mass is 382 g/mol. The van der Waals surface area contributed by atoms with Crippen LogP contribution in [0.2, 0.25) is 0 Å². The molecule has 6 radical (unpaired) electrons. The van der Waals surface area contributed by atoms with Crippen molar-refractivity contribution in [3.8, 4) is 0 Å². The fourth-order valence-electron chi connectivity index (χ4n) is 0. The minimum Gasteiger partial charge on any atom is 0 e. The average Bonchev–Trinajstić information content (AvgIpc) is 0. The van der Waals surface area contributed by atoms with Gasteiger partial charge in [-0.2, -0.15) is 0 Å². The summed E-state index contributed by atoms with van der Waals surface area (Å²) in [4.78, 5) is 0. The molecule has 0 N–H and O–H groups in total. The molecule has 30 valence electrons. The third kappa shape index (κ3) is 21.7. The van der Waals surface area contributed by atoms with E-state index in [0.29, 0.717) is 0 Å². The second-order valence-corrected chi connectivity index (χ2v) is 0. The predicted octanol–water partition coefficient (Wildman–Crippen LogP) is 0.473. The van der Waals surface area contributed by atoms with E-state index in [-0.39, 0.29) is 76.9 Å². The molecular formula is BMoNiPW. The van der Waals surface area contributed by atoms with Crippen molar-refractivity contribution in [1.82, 2.24) is 0 Å². The molecule has 0 bridgehead atoms. The van der Waals surface area contributed by atoms with Gasteiger partial charge in [-0.25, -0.2) is 0 Å². The Labute approximate surface area is 76.3 Å². The second-order valence-electron chi connectivity index (χ2n) is 0. The van der Waals surface area contributed by atoms with Crippen LogP contribution < -0.4 is 0 Å². The summed E-state index contributed by atoms with van der Waals surface area (Å²) < 4.78 is 0. The SMILES string of the molecule is [B].[Mo].[Ni].[P].[W]. The minimum absolute atomic E-state index is 0. The topological polar surface area (TPSA) is 0 Å². The van der Waals surface area contributed by atoms with Gasteiger partial charge in [0.15, 0.2) is 0 Å². The zero-order valence-electron chi connectivity index (χ0n) is 2.16. The van der Waals surface area contributed by atoms with Gasteiger partial charge in [0.1, 0.15) is 0 Å². The van der Waals surface area contributed by atoms with Crippen LogP contribution in [0.3, 0.4) is 0 Å². The van der Waals surface area contributed by atoms with Gasteiger partial charge in [0, 0.05) is 76.9 Å². The zero-order chi connectivity index (χ0) is 0. The van der Waals surface area contributed by atoms with Crippen LogP contribution in [0, 0.1) is 0 Å². The van der Waals surface area contributed by atoms with Gasteiger partial charge in [-0.15, -0.1) is 0 Å². The van der Waals surface area contributed by atoms with Crippen molar-refractivity contribution in [3.63, 3.8) is 0 Å². The Kier molecular flexibility index (Phi) is 349. The Bertz CT molecular complexity index is 11.6. The summed E-state index contributed by atoms with van der Waals surface area (Å²) in [5, 5.41) is 0. The van der Waals surface area contributed by atoms with Crippen LogP contribution in [-0.4, -0.2) is 8.41 Å². The maximum atomic E-state index is 0. The van der Waals surface area contributed by atoms with Crippen molar-refractivity contribution < 1.29 is 58.6 Å². The van der Waals surface area contributed by atoms with E-state index in [0.717, 1.165) is 0 Å². The van der Waals surface area contributed by atoms with Crippen LogP contribution in [0.5, 0.6) is 0 Å². The van der Waals surface area contributed by atoms with E-state index in [9.17, 15) is 0 Å². The third-order valence-corrected chi connectivity index (χ3v) is 0. The number of hydrogen-bond donors (Lipinski definition) is 0. The fraction of sp³-hybridized carbons (Fsp3) is 0. The van der Waals surface area contributed by atoms with E-state index < -0.39 is 0 Å². The van der Waals surface area contributed by atoms with Gasteiger partial charge < -0.3 is 0 Å². The molecule has 0 aromatic carbocycles. The third-order valence-electron chi connectivity index (χ3n) is 0. The van der Waals surface area contributed by atoms with Crippen LogP contribution in [0.4, 0.5) is 0 Å². The van der Waals surface area contributed by atoms with E-state index >= 15 is 0 Å². The molecule has 0 spiro atoms. The molecule has 0 unspecified atom stereocenters. The standard InChI is InChI=1S/B.Mo.Ni.P.W. The van der Waals surface area contributed by atoms with Crippen LogP contribution in [0.1, 0.15) is 0 Å². The molecular weight excluding hydrogens is 380 g/mol. The Balaban J connectivity index is 0. The molecule has 0 saturated heterocycles. The largest absolute Gasteiger partial charge is 0 e. The number of rotatable bonds is 0. The van der Waals surface area contributed by atoms with Crippen LogP contribution in [-0.2, 0) is 58.6 Å². The number of hydrogen-bond acceptors (Lipinski definition) is 0. The molecule has 0 aliphatic carbocycles. The first-order valence-corrected chi connectivity index (χ1v) is 0. The average molecular weight is 380 g/mol. The van der Waals surface area contributed by atoms with E-state index in [4.69, 9.17) is 0 Å². The molecule has 0 amide bonds. The van der Waals surface area contributed by atoms with Gasteiger partial charge in [-0.3, -0.25) is 0 Å². The quantitative estimate of drug-likeness (QED) is 0.424. The maximum Gasteiger partial charge on any atom is 0 e. The molecule has 0 aliphatic rings. The fourth-order valence-corrected chi connectivity index (χ4v) is 0. The van der Waals surface area contributed by atoms with Crippen molar-refractivity contribution in [2.75, 3.05) is 0 Å². The Morgan fingerprint density at radius 1 is 1.00 bits per heavy atom. The van der Waals surface area contributed by atoms with Gasteiger partial charge in [-0.1, -0.05) is 0 Å². The molecule has 0 fully saturated rings. The Hall–Kier alpha value is 2.37. The van der Waals surface area contributed by atoms with E-state index in [1.807, 2.05) is 0 Å². The molecule has 0 atom stereocenters. The Morgan fingerprint density at radius 3 is 1.00 bits per heavy atom. The molecule has 0 aromatic heterocycles. The molecule has 0 saturated carbocycles. The molecule has 5 heavy (non-hydrogen) atoms. The molecule has 0 aliphatic heterocycles. The summed E-state index contributed by atoms with van der Waals surface area (Å²) in [7, 11) is 0. The van der Waals surface area contributed by atoms with Crippen molar-refractivity contribution in [2.45, 2.75) is 0 Å². The van der Waals surface area contributed by atoms with Crippen molar-refractivity contribution >= 4 is 18.3 Å². The zero-order valence-corrected chi connectivity index (χ0v) is 8.98. The van der Waals surface area contributed by atoms with Crippen molar-refractivity contribution in [3.05, 3.63) is 0 Å². The summed E-state index contributed by atoms with van der Waals surface area (Å²) in [5.74, 6) is 0. The van der Waals surface area contributed by atoms with E-state index in [2.05, 4.69) is 0 Å². The summed E-state index contributed by atoms with van der Waals surface area (Å²) in [6, 6.07) is 0. The molecule has 0 heterocycles. The van der Waals surface area contributed by atoms with E-state index in [1.54, 1.807) is 0 Å². The first kappa shape index (κ1) is 53.3. The second kappa shape index (κ2) is 32.8. The predicted molar refractivity (Wildman–Crippen MR) is 12.7 cm³/mol. The Morgan fingerprint density at radius 2 is 1.00 bits per heavy atom. The summed E-state index contributed by atoms with van der Waals surface area (Å²) in [5.41, 5.74) is 0. The molecule has 0 rings (SSSR count). The molecule has 5 heteroatoms. The summed E-state index contributed by atoms with van der Waals surface area (Å²) in [6.45, 7) is 0. The van der Waals surface area contributed by atoms with Gasteiger partial charge in [-0.05, 0) is 0 Å². The smallest absolute Gasteiger partial charge is 0 e. The summed E-state index contributed by atoms with van der Waals surface area (Å²) in [6.07, 6.45) is 0. The van der Waals surface area contributed by atoms with Gasteiger partial charge >= 0.3 is 0 Å². The summed E-state index contributed by atoms with van der Waals surface area (Å²) >= 11 is 0. The van der Waals surface area contributed by atoms with Gasteiger partial charge in [0.05, 0.1) is 0 Å². The molecule has 0 aromatic rings. The molecule has 0 nitrogen and oxygen atoms in total. The minimum atomic E-state index is 0. The van der Waals surface area contributed by atoms with Crippen LogP contribution in [0.15, 0.2) is 0 Å². The van der Waals surface area contributed by atoms with Crippen LogP contribution >= 0.6 is 9.90 Å². The van der Waals surface area contributed by atoms with Gasteiger partial charge in [0.25, 0.3) is 0 Å². The first-order valence-electron chi connectivity index (χ1n) is 0. The van der Waals surface area contributed by atoms with Crippen molar-refractivity contribution in [2.24, 2.45) is 0 Å². The maximum absolute atomic E-state index is 0. The van der Waals surface area contributed by atoms with Gasteiger partial charge in [0.2, 0.25) is 0 Å². The van der Waals surface area contributed by atoms with Crippen molar-refractivity contribution in [1.29, 1.82) is 0 Å². The van der Waals surface area contributed by atoms with E-state index in [1.165, 1.54) is 0 Å². The first-order chi connectivity index (χ1) is 0.